The molecular formula is C6H12FO. The topological polar surface area (TPSA) is 19.9 Å². The Balaban J connectivity index is 3.71. The summed E-state index contributed by atoms with van der Waals surface area (Å²) in [5.41, 5.74) is 0. The molecule has 0 aromatic carbocycles. The second kappa shape index (κ2) is 2.44. The number of rotatable bonds is 2. The van der Waals surface area contributed by atoms with Gasteiger partial charge in [-0.05, 0) is 0 Å². The molecule has 0 aliphatic rings. The predicted octanol–water partition coefficient (Wildman–Crippen LogP) is 2.15. The van der Waals surface area contributed by atoms with E-state index in [1.54, 1.807) is 20.8 Å². The molecule has 0 aromatic heterocycles. The molecule has 0 aromatic rings. The van der Waals surface area contributed by atoms with Crippen LogP contribution >= 0.6 is 0 Å². The van der Waals surface area contributed by atoms with Gasteiger partial charge in [-0.1, -0.05) is 20.8 Å². The molecule has 0 amide bonds. The smallest absolute Gasteiger partial charge is 0.209 e. The van der Waals surface area contributed by atoms with Gasteiger partial charge in [0.25, 0.3) is 0 Å². The van der Waals surface area contributed by atoms with Crippen molar-refractivity contribution in [3.05, 3.63) is 0 Å². The van der Waals surface area contributed by atoms with Crippen LogP contribution in [0.25, 0.3) is 0 Å². The molecule has 0 aliphatic heterocycles. The summed E-state index contributed by atoms with van der Waals surface area (Å²) in [7, 11) is 0. The minimum atomic E-state index is -2.21. The van der Waals surface area contributed by atoms with Crippen LogP contribution in [0.4, 0.5) is 4.39 Å². The summed E-state index contributed by atoms with van der Waals surface area (Å²) in [6.07, 6.45) is 0.0602. The standard InChI is InChI=1S/C6H12FO/c1-4-6(7,8)5(2)3/h5H,4H2,1-3H3. The minimum absolute atomic E-state index is 0.0602. The van der Waals surface area contributed by atoms with Crippen LogP contribution in [0.2, 0.25) is 0 Å². The molecule has 0 heterocycles. The van der Waals surface area contributed by atoms with Gasteiger partial charge in [0.1, 0.15) is 0 Å². The fourth-order valence-corrected chi connectivity index (χ4v) is 0.408. The molecule has 0 fully saturated rings. The van der Waals surface area contributed by atoms with Crippen molar-refractivity contribution in [2.24, 2.45) is 5.92 Å². The van der Waals surface area contributed by atoms with E-state index in [2.05, 4.69) is 0 Å². The number of alkyl halides is 1. The Labute approximate surface area is 49.5 Å². The van der Waals surface area contributed by atoms with Crippen molar-refractivity contribution in [3.63, 3.8) is 0 Å². The third kappa shape index (κ3) is 1.78. The molecule has 8 heavy (non-hydrogen) atoms. The molecule has 0 N–H and O–H groups in total. The quantitative estimate of drug-likeness (QED) is 0.530. The molecule has 0 saturated heterocycles. The van der Waals surface area contributed by atoms with Crippen LogP contribution in [0, 0.1) is 5.92 Å². The Kier molecular flexibility index (Phi) is 2.41. The molecule has 1 atom stereocenters. The first kappa shape index (κ1) is 7.89. The number of hydrogen-bond acceptors (Lipinski definition) is 0. The van der Waals surface area contributed by atoms with Gasteiger partial charge in [-0.3, -0.25) is 0 Å². The second-order valence-electron chi connectivity index (χ2n) is 2.29. The molecule has 1 unspecified atom stereocenters. The average molecular weight is 119 g/mol. The van der Waals surface area contributed by atoms with Crippen LogP contribution in [0.1, 0.15) is 27.2 Å². The van der Waals surface area contributed by atoms with Crippen LogP contribution in [-0.4, -0.2) is 5.85 Å². The SMILES string of the molecule is CCC([O])(F)C(C)C. The highest BCUT2D eigenvalue weighted by Crippen LogP contribution is 2.22. The number of hydrogen-bond donors (Lipinski definition) is 0. The van der Waals surface area contributed by atoms with Crippen molar-refractivity contribution in [3.8, 4) is 0 Å². The minimum Gasteiger partial charge on any atom is -0.209 e. The van der Waals surface area contributed by atoms with E-state index in [4.69, 9.17) is 0 Å². The highest BCUT2D eigenvalue weighted by Gasteiger charge is 2.29. The lowest BCUT2D eigenvalue weighted by Crippen LogP contribution is -2.25. The van der Waals surface area contributed by atoms with Crippen LogP contribution < -0.4 is 0 Å². The van der Waals surface area contributed by atoms with Crippen LogP contribution in [0.3, 0.4) is 0 Å². The normalized spacial score (nSPS) is 18.8. The Morgan fingerprint density at radius 2 is 2.00 bits per heavy atom. The maximum absolute atomic E-state index is 12.4. The lowest BCUT2D eigenvalue weighted by atomic mass is 10.0. The first-order valence-corrected chi connectivity index (χ1v) is 2.90. The molecule has 0 bridgehead atoms. The Morgan fingerprint density at radius 3 is 2.00 bits per heavy atom. The third-order valence-corrected chi connectivity index (χ3v) is 1.34. The van der Waals surface area contributed by atoms with Crippen molar-refractivity contribution in [1.29, 1.82) is 0 Å². The Bertz CT molecular complexity index is 68.9. The maximum atomic E-state index is 12.4. The molecule has 0 rings (SSSR count). The summed E-state index contributed by atoms with van der Waals surface area (Å²) in [4.78, 5) is 0. The highest BCUT2D eigenvalue weighted by molar-refractivity contribution is 4.65. The van der Waals surface area contributed by atoms with Crippen LogP contribution in [0.5, 0.6) is 0 Å². The molecule has 1 nitrogen and oxygen atoms in total. The van der Waals surface area contributed by atoms with Gasteiger partial charge >= 0.3 is 0 Å². The molecule has 0 aliphatic carbocycles. The van der Waals surface area contributed by atoms with Gasteiger partial charge in [0.15, 0.2) is 0 Å². The van der Waals surface area contributed by atoms with Crippen LogP contribution in [-0.2, 0) is 5.11 Å². The second-order valence-corrected chi connectivity index (χ2v) is 2.29. The summed E-state index contributed by atoms with van der Waals surface area (Å²) in [6.45, 7) is 4.75. The molecule has 49 valence electrons. The van der Waals surface area contributed by atoms with Crippen molar-refractivity contribution in [1.82, 2.24) is 0 Å². The van der Waals surface area contributed by atoms with Gasteiger partial charge < -0.3 is 0 Å². The van der Waals surface area contributed by atoms with E-state index in [0.29, 0.717) is 0 Å². The van der Waals surface area contributed by atoms with E-state index < -0.39 is 11.8 Å². The monoisotopic (exact) mass is 119 g/mol. The van der Waals surface area contributed by atoms with Gasteiger partial charge in [0.05, 0.1) is 0 Å². The maximum Gasteiger partial charge on any atom is 0.243 e. The van der Waals surface area contributed by atoms with Gasteiger partial charge in [-0.25, -0.2) is 4.39 Å². The van der Waals surface area contributed by atoms with E-state index in [1.807, 2.05) is 0 Å². The van der Waals surface area contributed by atoms with Gasteiger partial charge in [-0.15, -0.1) is 0 Å². The zero-order valence-corrected chi connectivity index (χ0v) is 5.57. The van der Waals surface area contributed by atoms with Gasteiger partial charge in [0, 0.05) is 12.3 Å². The summed E-state index contributed by atoms with van der Waals surface area (Å²) in [6, 6.07) is 0. The van der Waals surface area contributed by atoms with E-state index in [1.165, 1.54) is 0 Å². The molecule has 0 saturated carbocycles. The fraction of sp³-hybridized carbons (Fsp3) is 1.00. The van der Waals surface area contributed by atoms with Crippen molar-refractivity contribution in [2.45, 2.75) is 33.0 Å². The first-order valence-electron chi connectivity index (χ1n) is 2.90. The lowest BCUT2D eigenvalue weighted by molar-refractivity contribution is -0.175. The van der Waals surface area contributed by atoms with Gasteiger partial charge in [-0.2, -0.15) is 5.11 Å². The summed E-state index contributed by atoms with van der Waals surface area (Å²) in [5, 5.41) is 10.5. The average Bonchev–Trinajstić information content (AvgIpc) is 1.67. The molecule has 0 spiro atoms. The highest BCUT2D eigenvalue weighted by atomic mass is 19.2. The zero-order valence-electron chi connectivity index (χ0n) is 5.57. The molecular weight excluding hydrogens is 107 g/mol. The van der Waals surface area contributed by atoms with Gasteiger partial charge in [0.2, 0.25) is 5.85 Å². The number of halogens is 1. The van der Waals surface area contributed by atoms with Crippen molar-refractivity contribution in [2.75, 3.05) is 0 Å². The lowest BCUT2D eigenvalue weighted by Gasteiger charge is -2.17. The molecule has 1 radical (unpaired) electrons. The molecule has 2 heteroatoms. The van der Waals surface area contributed by atoms with Crippen LogP contribution in [0.15, 0.2) is 0 Å². The summed E-state index contributed by atoms with van der Waals surface area (Å²) in [5.74, 6) is -2.62. The first-order chi connectivity index (χ1) is 3.50. The van der Waals surface area contributed by atoms with Crippen molar-refractivity contribution < 1.29 is 9.50 Å². The largest absolute Gasteiger partial charge is 0.243 e. The van der Waals surface area contributed by atoms with E-state index in [-0.39, 0.29) is 6.42 Å². The van der Waals surface area contributed by atoms with E-state index in [9.17, 15) is 9.50 Å². The van der Waals surface area contributed by atoms with E-state index in [0.717, 1.165) is 0 Å². The van der Waals surface area contributed by atoms with Crippen molar-refractivity contribution >= 4 is 0 Å². The van der Waals surface area contributed by atoms with E-state index >= 15 is 0 Å². The third-order valence-electron chi connectivity index (χ3n) is 1.34. The summed E-state index contributed by atoms with van der Waals surface area (Å²) < 4.78 is 12.4. The fourth-order valence-electron chi connectivity index (χ4n) is 0.408. The summed E-state index contributed by atoms with van der Waals surface area (Å²) >= 11 is 0. The zero-order chi connectivity index (χ0) is 6.78. The Morgan fingerprint density at radius 1 is 1.62 bits per heavy atom. The Hall–Kier alpha value is -0.110. The predicted molar refractivity (Wildman–Crippen MR) is 29.7 cm³/mol.